The van der Waals surface area contributed by atoms with Crippen LogP contribution in [0.1, 0.15) is 0 Å². The van der Waals surface area contributed by atoms with Gasteiger partial charge in [-0.2, -0.15) is 5.10 Å². The molecule has 1 amide bonds. The van der Waals surface area contributed by atoms with Crippen molar-refractivity contribution >= 4 is 27.7 Å². The number of carbonyl (C=O) groups is 1. The molecule has 1 fully saturated rings. The summed E-state index contributed by atoms with van der Waals surface area (Å²) in [6.45, 7) is 4.47. The van der Waals surface area contributed by atoms with Gasteiger partial charge >= 0.3 is 0 Å². The highest BCUT2D eigenvalue weighted by Crippen LogP contribution is 2.24. The van der Waals surface area contributed by atoms with Gasteiger partial charge < -0.3 is 14.6 Å². The van der Waals surface area contributed by atoms with E-state index in [0.29, 0.717) is 12.1 Å². The lowest BCUT2D eigenvalue weighted by Gasteiger charge is -2.26. The Labute approximate surface area is 156 Å². The van der Waals surface area contributed by atoms with Crippen LogP contribution >= 0.6 is 0 Å². The lowest BCUT2D eigenvalue weighted by Crippen LogP contribution is -2.42. The van der Waals surface area contributed by atoms with Gasteiger partial charge in [0.1, 0.15) is 12.1 Å². The van der Waals surface area contributed by atoms with Crippen LogP contribution in [0.15, 0.2) is 35.3 Å². The summed E-state index contributed by atoms with van der Waals surface area (Å²) >= 11 is 0. The van der Waals surface area contributed by atoms with Gasteiger partial charge in [0.15, 0.2) is 0 Å². The predicted molar refractivity (Wildman–Crippen MR) is 103 cm³/mol. The largest absolute Gasteiger partial charge is 0.379 e. The van der Waals surface area contributed by atoms with Crippen LogP contribution in [0.5, 0.6) is 0 Å². The average molecular weight is 369 g/mol. The van der Waals surface area contributed by atoms with Gasteiger partial charge in [0.05, 0.1) is 19.4 Å². The van der Waals surface area contributed by atoms with Gasteiger partial charge in [-0.15, -0.1) is 0 Å². The number of amides is 1. The molecule has 8 nitrogen and oxygen atoms in total. The number of rotatable bonds is 5. The second kappa shape index (κ2) is 7.50. The molecule has 8 heteroatoms. The number of aryl methyl sites for hydroxylation is 1. The number of carbonyl (C=O) groups excluding carboxylic acids is 1. The molecule has 0 spiro atoms. The van der Waals surface area contributed by atoms with Crippen LogP contribution in [0.25, 0.3) is 21.8 Å². The lowest BCUT2D eigenvalue weighted by molar-refractivity contribution is -0.122. The predicted octanol–water partition coefficient (Wildman–Crippen LogP) is 0.337. The third-order valence-corrected chi connectivity index (χ3v) is 5.06. The van der Waals surface area contributed by atoms with E-state index in [4.69, 9.17) is 4.74 Å². The highest BCUT2D eigenvalue weighted by atomic mass is 16.5. The Balaban J connectivity index is 1.48. The molecule has 0 aliphatic carbocycles. The van der Waals surface area contributed by atoms with Crippen molar-refractivity contribution in [1.82, 2.24) is 24.6 Å². The van der Waals surface area contributed by atoms with E-state index in [1.807, 2.05) is 35.9 Å². The number of hydrogen-bond acceptors (Lipinski definition) is 5. The van der Waals surface area contributed by atoms with Crippen LogP contribution in [0.2, 0.25) is 0 Å². The van der Waals surface area contributed by atoms with Gasteiger partial charge in [0, 0.05) is 49.5 Å². The molecule has 1 aromatic carbocycles. The Morgan fingerprint density at radius 3 is 2.81 bits per heavy atom. The molecule has 4 rings (SSSR count). The molecule has 27 heavy (non-hydrogen) atoms. The van der Waals surface area contributed by atoms with E-state index in [0.717, 1.165) is 49.1 Å². The maximum Gasteiger partial charge on any atom is 0.291 e. The van der Waals surface area contributed by atoms with E-state index in [1.54, 1.807) is 6.20 Å². The number of nitrogens with zero attached hydrogens (tertiary/aromatic N) is 4. The second-order valence-electron chi connectivity index (χ2n) is 6.75. The summed E-state index contributed by atoms with van der Waals surface area (Å²) in [5.74, 6) is -0.212. The lowest BCUT2D eigenvalue weighted by atomic mass is 10.2. The third-order valence-electron chi connectivity index (χ3n) is 5.06. The normalized spacial score (nSPS) is 15.4. The number of aromatic nitrogens is 3. The molecule has 1 saturated heterocycles. The molecule has 1 N–H and O–H groups in total. The van der Waals surface area contributed by atoms with Gasteiger partial charge in [-0.05, 0) is 6.07 Å². The van der Waals surface area contributed by atoms with Crippen LogP contribution < -0.4 is 10.9 Å². The summed E-state index contributed by atoms with van der Waals surface area (Å²) in [6.07, 6.45) is 1.67. The number of ether oxygens (including phenoxy) is 1. The van der Waals surface area contributed by atoms with E-state index >= 15 is 0 Å². The van der Waals surface area contributed by atoms with Crippen molar-refractivity contribution < 1.29 is 9.53 Å². The van der Waals surface area contributed by atoms with Crippen LogP contribution in [-0.4, -0.2) is 64.5 Å². The summed E-state index contributed by atoms with van der Waals surface area (Å²) in [4.78, 5) is 27.3. The molecule has 0 saturated carbocycles. The van der Waals surface area contributed by atoms with Crippen LogP contribution in [0.3, 0.4) is 0 Å². The molecule has 1 aliphatic heterocycles. The number of hydrogen-bond donors (Lipinski definition) is 1. The Bertz CT molecular complexity index is 1030. The topological polar surface area (TPSA) is 81.4 Å². The Hall–Kier alpha value is -2.71. The molecule has 0 radical (unpaired) electrons. The van der Waals surface area contributed by atoms with Crippen LogP contribution in [0, 0.1) is 0 Å². The van der Waals surface area contributed by atoms with Crippen molar-refractivity contribution in [3.05, 3.63) is 40.8 Å². The van der Waals surface area contributed by atoms with Crippen molar-refractivity contribution in [2.24, 2.45) is 7.05 Å². The first-order valence-corrected chi connectivity index (χ1v) is 9.15. The summed E-state index contributed by atoms with van der Waals surface area (Å²) in [5.41, 5.74) is 1.28. The minimum Gasteiger partial charge on any atom is -0.379 e. The van der Waals surface area contributed by atoms with Crippen LogP contribution in [-0.2, 0) is 23.1 Å². The van der Waals surface area contributed by atoms with Gasteiger partial charge in [0.2, 0.25) is 5.91 Å². The number of fused-ring (bicyclic) bond motifs is 3. The second-order valence-corrected chi connectivity index (χ2v) is 6.75. The minimum absolute atomic E-state index is 0.0839. The number of para-hydroxylation sites is 1. The van der Waals surface area contributed by atoms with Crippen molar-refractivity contribution in [3.8, 4) is 0 Å². The van der Waals surface area contributed by atoms with Gasteiger partial charge in [-0.3, -0.25) is 14.5 Å². The number of nitrogens with one attached hydrogen (secondary N) is 1. The monoisotopic (exact) mass is 369 g/mol. The molecular weight excluding hydrogens is 346 g/mol. The zero-order valence-electron chi connectivity index (χ0n) is 15.4. The Morgan fingerprint density at radius 2 is 2.00 bits per heavy atom. The summed E-state index contributed by atoms with van der Waals surface area (Å²) < 4.78 is 8.40. The highest BCUT2D eigenvalue weighted by Gasteiger charge is 2.15. The van der Waals surface area contributed by atoms with Crippen molar-refractivity contribution in [1.29, 1.82) is 0 Å². The van der Waals surface area contributed by atoms with Gasteiger partial charge in [-0.25, -0.2) is 4.68 Å². The van der Waals surface area contributed by atoms with Crippen molar-refractivity contribution in [2.75, 3.05) is 39.4 Å². The fraction of sp³-hybridized carbons (Fsp3) is 0.421. The zero-order chi connectivity index (χ0) is 18.8. The van der Waals surface area contributed by atoms with E-state index < -0.39 is 0 Å². The summed E-state index contributed by atoms with van der Waals surface area (Å²) in [6, 6.07) is 7.82. The zero-order valence-corrected chi connectivity index (χ0v) is 15.4. The Kier molecular flexibility index (Phi) is 4.91. The molecule has 142 valence electrons. The molecule has 0 unspecified atom stereocenters. The molecular formula is C19H23N5O3. The fourth-order valence-corrected chi connectivity index (χ4v) is 3.60. The number of morpholine rings is 1. The molecule has 1 aliphatic rings. The smallest absolute Gasteiger partial charge is 0.291 e. The molecule has 3 heterocycles. The molecule has 0 bridgehead atoms. The van der Waals surface area contributed by atoms with Crippen LogP contribution in [0.4, 0.5) is 0 Å². The summed E-state index contributed by atoms with van der Waals surface area (Å²) in [7, 11) is 1.86. The minimum atomic E-state index is -0.255. The van der Waals surface area contributed by atoms with E-state index in [-0.39, 0.29) is 18.0 Å². The molecule has 2 aromatic heterocycles. The Morgan fingerprint density at radius 1 is 1.22 bits per heavy atom. The van der Waals surface area contributed by atoms with Crippen molar-refractivity contribution in [2.45, 2.75) is 6.54 Å². The fourth-order valence-electron chi connectivity index (χ4n) is 3.60. The molecule has 0 atom stereocenters. The van der Waals surface area contributed by atoms with E-state index in [9.17, 15) is 9.59 Å². The SMILES string of the molecule is Cn1c2ccccc2c2cnn(CC(=O)NCCN3CCOCC3)c(=O)c21. The first kappa shape index (κ1) is 17.7. The third kappa shape index (κ3) is 3.45. The quantitative estimate of drug-likeness (QED) is 0.701. The average Bonchev–Trinajstić information content (AvgIpc) is 2.98. The standard InChI is InChI=1S/C19H23N5O3/c1-22-16-5-3-2-4-14(16)15-12-21-24(19(26)18(15)22)13-17(25)20-6-7-23-8-10-27-11-9-23/h2-5,12H,6-11,13H2,1H3,(H,20,25). The molecule has 3 aromatic rings. The maximum atomic E-state index is 12.9. The number of benzene rings is 1. The first-order valence-electron chi connectivity index (χ1n) is 9.15. The van der Waals surface area contributed by atoms with Gasteiger partial charge in [-0.1, -0.05) is 18.2 Å². The first-order chi connectivity index (χ1) is 13.1. The van der Waals surface area contributed by atoms with E-state index in [2.05, 4.69) is 15.3 Å². The van der Waals surface area contributed by atoms with E-state index in [1.165, 1.54) is 4.68 Å². The van der Waals surface area contributed by atoms with Crippen molar-refractivity contribution in [3.63, 3.8) is 0 Å². The summed E-state index contributed by atoms with van der Waals surface area (Å²) in [5, 5.41) is 8.87. The van der Waals surface area contributed by atoms with Gasteiger partial charge in [0.25, 0.3) is 5.56 Å². The maximum absolute atomic E-state index is 12.9. The highest BCUT2D eigenvalue weighted by molar-refractivity contribution is 6.07.